The molecule has 0 unspecified atom stereocenters. The molecule has 112 valence electrons. The van der Waals surface area contributed by atoms with E-state index in [2.05, 4.69) is 0 Å². The lowest BCUT2D eigenvalue weighted by Gasteiger charge is -2.13. The van der Waals surface area contributed by atoms with Crippen LogP contribution in [0.4, 0.5) is 27.6 Å². The molecule has 1 aromatic rings. The predicted molar refractivity (Wildman–Crippen MR) is 56.9 cm³/mol. The van der Waals surface area contributed by atoms with Gasteiger partial charge in [0.1, 0.15) is 0 Å². The molecule has 5 nitrogen and oxygen atoms in total. The van der Waals surface area contributed by atoms with Crippen LogP contribution in [0.25, 0.3) is 0 Å². The van der Waals surface area contributed by atoms with Crippen molar-refractivity contribution in [3.05, 3.63) is 29.3 Å². The standard InChI is InChI=1S/C9H6F5NO4S/c10-8(11)20(18,19)15-6-3-4(9(12,13)14)1-2-5(6)7(16)17/h1-3,8,15H,(H,16,17). The van der Waals surface area contributed by atoms with Gasteiger partial charge in [0, 0.05) is 0 Å². The van der Waals surface area contributed by atoms with Gasteiger partial charge in [0.05, 0.1) is 16.8 Å². The van der Waals surface area contributed by atoms with Crippen LogP contribution in [0.2, 0.25) is 0 Å². The van der Waals surface area contributed by atoms with E-state index in [9.17, 15) is 35.2 Å². The number of alkyl halides is 5. The third kappa shape index (κ3) is 3.56. The highest BCUT2D eigenvalue weighted by molar-refractivity contribution is 7.93. The summed E-state index contributed by atoms with van der Waals surface area (Å²) < 4.78 is 84.5. The van der Waals surface area contributed by atoms with E-state index < -0.39 is 44.7 Å². The van der Waals surface area contributed by atoms with Gasteiger partial charge < -0.3 is 5.11 Å². The Morgan fingerprint density at radius 3 is 2.20 bits per heavy atom. The first-order valence-electron chi connectivity index (χ1n) is 4.69. The molecular formula is C9H6F5NO4S. The van der Waals surface area contributed by atoms with Crippen LogP contribution in [-0.2, 0) is 16.2 Å². The highest BCUT2D eigenvalue weighted by Crippen LogP contribution is 2.32. The van der Waals surface area contributed by atoms with Crippen molar-refractivity contribution in [1.82, 2.24) is 0 Å². The van der Waals surface area contributed by atoms with E-state index in [4.69, 9.17) is 5.11 Å². The number of nitrogens with one attached hydrogen (secondary N) is 1. The number of aromatic carboxylic acids is 1. The minimum absolute atomic E-state index is 0.128. The summed E-state index contributed by atoms with van der Waals surface area (Å²) in [5.41, 5.74) is -3.36. The summed E-state index contributed by atoms with van der Waals surface area (Å²) in [6.07, 6.45) is -4.89. The van der Waals surface area contributed by atoms with Gasteiger partial charge in [-0.05, 0) is 18.2 Å². The molecule has 0 aromatic heterocycles. The predicted octanol–water partition coefficient (Wildman–Crippen LogP) is 2.37. The quantitative estimate of drug-likeness (QED) is 0.835. The zero-order valence-electron chi connectivity index (χ0n) is 9.28. The second kappa shape index (κ2) is 5.23. The van der Waals surface area contributed by atoms with Gasteiger partial charge in [-0.15, -0.1) is 0 Å². The van der Waals surface area contributed by atoms with Gasteiger partial charge >= 0.3 is 17.9 Å². The number of sulfonamides is 1. The van der Waals surface area contributed by atoms with Crippen LogP contribution in [0.1, 0.15) is 15.9 Å². The zero-order valence-corrected chi connectivity index (χ0v) is 10.1. The summed E-state index contributed by atoms with van der Waals surface area (Å²) in [6, 6.07) is 0.988. The molecule has 11 heteroatoms. The Labute approximate surface area is 109 Å². The van der Waals surface area contributed by atoms with E-state index in [1.165, 1.54) is 0 Å². The van der Waals surface area contributed by atoms with Crippen molar-refractivity contribution in [2.75, 3.05) is 4.72 Å². The van der Waals surface area contributed by atoms with Gasteiger partial charge in [0.15, 0.2) is 0 Å². The number of carboxylic acid groups (broad SMARTS) is 1. The lowest BCUT2D eigenvalue weighted by atomic mass is 10.1. The first-order valence-corrected chi connectivity index (χ1v) is 6.24. The first-order chi connectivity index (χ1) is 8.95. The second-order valence-electron chi connectivity index (χ2n) is 3.47. The van der Waals surface area contributed by atoms with Crippen LogP contribution >= 0.6 is 0 Å². The summed E-state index contributed by atoms with van der Waals surface area (Å²) in [5.74, 6) is -5.69. The van der Waals surface area contributed by atoms with Crippen molar-refractivity contribution in [1.29, 1.82) is 0 Å². The van der Waals surface area contributed by atoms with E-state index in [1.54, 1.807) is 0 Å². The van der Waals surface area contributed by atoms with Crippen molar-refractivity contribution in [2.24, 2.45) is 0 Å². The number of hydrogen-bond donors (Lipinski definition) is 2. The maximum absolute atomic E-state index is 12.4. The molecule has 0 amide bonds. The number of carbonyl (C=O) groups is 1. The fourth-order valence-corrected chi connectivity index (χ4v) is 1.75. The molecule has 0 spiro atoms. The molecule has 0 aliphatic carbocycles. The normalized spacial score (nSPS) is 12.5. The van der Waals surface area contributed by atoms with E-state index in [1.807, 2.05) is 0 Å². The molecule has 0 atom stereocenters. The number of anilines is 1. The van der Waals surface area contributed by atoms with Crippen molar-refractivity contribution in [2.45, 2.75) is 11.9 Å². The topological polar surface area (TPSA) is 83.5 Å². The number of benzene rings is 1. The average Bonchev–Trinajstić information content (AvgIpc) is 2.26. The smallest absolute Gasteiger partial charge is 0.416 e. The number of hydrogen-bond acceptors (Lipinski definition) is 3. The highest BCUT2D eigenvalue weighted by atomic mass is 32.2. The van der Waals surface area contributed by atoms with Crippen LogP contribution in [0, 0.1) is 0 Å². The van der Waals surface area contributed by atoms with E-state index >= 15 is 0 Å². The summed E-state index contributed by atoms with van der Waals surface area (Å²) in [7, 11) is -5.28. The number of halogens is 5. The highest BCUT2D eigenvalue weighted by Gasteiger charge is 2.33. The van der Waals surface area contributed by atoms with Crippen molar-refractivity contribution < 1.29 is 40.3 Å². The lowest BCUT2D eigenvalue weighted by molar-refractivity contribution is -0.137. The monoisotopic (exact) mass is 319 g/mol. The van der Waals surface area contributed by atoms with Crippen LogP contribution in [0.3, 0.4) is 0 Å². The van der Waals surface area contributed by atoms with Crippen LogP contribution < -0.4 is 4.72 Å². The molecule has 0 bridgehead atoms. The summed E-state index contributed by atoms with van der Waals surface area (Å²) >= 11 is 0. The van der Waals surface area contributed by atoms with Crippen molar-refractivity contribution >= 4 is 21.7 Å². The number of rotatable bonds is 4. The van der Waals surface area contributed by atoms with Crippen LogP contribution in [-0.4, -0.2) is 25.3 Å². The van der Waals surface area contributed by atoms with E-state index in [0.717, 1.165) is 4.72 Å². The molecule has 2 N–H and O–H groups in total. The maximum atomic E-state index is 12.4. The van der Waals surface area contributed by atoms with Gasteiger partial charge in [-0.1, -0.05) is 0 Å². The largest absolute Gasteiger partial charge is 0.478 e. The molecule has 0 aliphatic rings. The summed E-state index contributed by atoms with van der Waals surface area (Å²) in [5, 5.41) is 8.69. The molecule has 0 heterocycles. The molecule has 1 rings (SSSR count). The van der Waals surface area contributed by atoms with Crippen LogP contribution in [0.5, 0.6) is 0 Å². The van der Waals surface area contributed by atoms with Crippen LogP contribution in [0.15, 0.2) is 18.2 Å². The van der Waals surface area contributed by atoms with Gasteiger partial charge in [-0.2, -0.15) is 22.0 Å². The van der Waals surface area contributed by atoms with E-state index in [0.29, 0.717) is 12.1 Å². The Kier molecular flexibility index (Phi) is 4.22. The van der Waals surface area contributed by atoms with Gasteiger partial charge in [0.2, 0.25) is 0 Å². The molecule has 0 radical (unpaired) electrons. The Bertz CT molecular complexity index is 626. The lowest BCUT2D eigenvalue weighted by Crippen LogP contribution is -2.22. The van der Waals surface area contributed by atoms with Gasteiger partial charge in [0.25, 0.3) is 10.0 Å². The zero-order chi connectivity index (χ0) is 15.7. The van der Waals surface area contributed by atoms with Crippen molar-refractivity contribution in [3.8, 4) is 0 Å². The fourth-order valence-electron chi connectivity index (χ4n) is 1.19. The van der Waals surface area contributed by atoms with Gasteiger partial charge in [-0.3, -0.25) is 4.72 Å². The molecular weight excluding hydrogens is 313 g/mol. The third-order valence-corrected chi connectivity index (χ3v) is 3.04. The third-order valence-electron chi connectivity index (χ3n) is 2.06. The molecule has 0 fully saturated rings. The Balaban J connectivity index is 3.38. The summed E-state index contributed by atoms with van der Waals surface area (Å²) in [4.78, 5) is 10.7. The Morgan fingerprint density at radius 1 is 1.25 bits per heavy atom. The minimum Gasteiger partial charge on any atom is -0.478 e. The molecule has 20 heavy (non-hydrogen) atoms. The maximum Gasteiger partial charge on any atom is 0.416 e. The first kappa shape index (κ1) is 16.1. The molecule has 0 aliphatic heterocycles. The molecule has 0 saturated heterocycles. The fraction of sp³-hybridized carbons (Fsp3) is 0.222. The SMILES string of the molecule is O=C(O)c1ccc(C(F)(F)F)cc1NS(=O)(=O)C(F)F. The van der Waals surface area contributed by atoms with E-state index in [-0.39, 0.29) is 6.07 Å². The van der Waals surface area contributed by atoms with Crippen molar-refractivity contribution in [3.63, 3.8) is 0 Å². The Hall–Kier alpha value is -1.91. The number of carboxylic acids is 1. The second-order valence-corrected chi connectivity index (χ2v) is 5.12. The Morgan fingerprint density at radius 2 is 1.80 bits per heavy atom. The molecule has 1 aromatic carbocycles. The molecule has 0 saturated carbocycles. The minimum atomic E-state index is -5.28. The van der Waals surface area contributed by atoms with Gasteiger partial charge in [-0.25, -0.2) is 13.2 Å². The average molecular weight is 319 g/mol. The summed E-state index contributed by atoms with van der Waals surface area (Å²) in [6.45, 7) is 0.